The number of carbonyl (C=O) groups is 2. The number of nitrogens with two attached hydrogens (primary N) is 1. The minimum Gasteiger partial charge on any atom is -0.453 e. The lowest BCUT2D eigenvalue weighted by molar-refractivity contribution is 0.0977. The molecule has 0 aliphatic heterocycles. The number of nitrogens with one attached hydrogen (secondary N) is 1. The van der Waals surface area contributed by atoms with Crippen molar-refractivity contribution >= 4 is 28.5 Å². The van der Waals surface area contributed by atoms with Gasteiger partial charge >= 0.3 is 0 Å². The highest BCUT2D eigenvalue weighted by Crippen LogP contribution is 2.32. The molecule has 1 atom stereocenters. The maximum Gasteiger partial charge on any atom is 0.291 e. The maximum absolute atomic E-state index is 13.5. The topological polar surface area (TPSA) is 119 Å². The summed E-state index contributed by atoms with van der Waals surface area (Å²) < 4.78 is 23.9. The number of aliphatic hydroxyl groups is 1. The predicted molar refractivity (Wildman–Crippen MR) is 82.0 cm³/mol. The van der Waals surface area contributed by atoms with Crippen molar-refractivity contribution in [3.05, 3.63) is 53.4 Å². The zero-order valence-corrected chi connectivity index (χ0v) is 12.5. The van der Waals surface area contributed by atoms with Gasteiger partial charge in [0.1, 0.15) is 29.0 Å². The minimum absolute atomic E-state index is 0.0444. The van der Waals surface area contributed by atoms with E-state index in [4.69, 9.17) is 14.6 Å². The van der Waals surface area contributed by atoms with E-state index in [-0.39, 0.29) is 33.9 Å². The zero-order chi connectivity index (χ0) is 17.4. The molecule has 2 aromatic heterocycles. The second kappa shape index (κ2) is 5.82. The number of anilines is 1. The fourth-order valence-corrected chi connectivity index (χ4v) is 2.24. The van der Waals surface area contributed by atoms with Crippen molar-refractivity contribution in [2.75, 3.05) is 5.32 Å². The molecule has 3 aromatic rings. The molecule has 7 nitrogen and oxygen atoms in total. The Morgan fingerprint density at radius 3 is 2.62 bits per heavy atom. The Kier molecular flexibility index (Phi) is 3.82. The van der Waals surface area contributed by atoms with Gasteiger partial charge in [-0.2, -0.15) is 0 Å². The average Bonchev–Trinajstić information content (AvgIpc) is 3.13. The maximum atomic E-state index is 13.5. The molecule has 3 rings (SSSR count). The van der Waals surface area contributed by atoms with Crippen LogP contribution in [0.1, 0.15) is 39.9 Å². The number of halogens is 1. The van der Waals surface area contributed by atoms with Gasteiger partial charge in [-0.05, 0) is 37.3 Å². The van der Waals surface area contributed by atoms with Gasteiger partial charge in [-0.15, -0.1) is 0 Å². The van der Waals surface area contributed by atoms with Crippen LogP contribution < -0.4 is 11.1 Å². The standard InChI is InChI=1S/C16H13FN2O5/c1-7(20)10-4-5-12(23-10)16(22)19-13-9-6-8(17)2-3-11(9)24-14(13)15(18)21/h2-7,20H,1H3,(H2,18,21)(H,19,22). The zero-order valence-electron chi connectivity index (χ0n) is 12.5. The number of rotatable bonds is 4. The predicted octanol–water partition coefficient (Wildman–Crippen LogP) is 2.57. The molecule has 0 saturated heterocycles. The lowest BCUT2D eigenvalue weighted by Crippen LogP contribution is -2.16. The number of carbonyl (C=O) groups excluding carboxylic acids is 2. The second-order valence-corrected chi connectivity index (χ2v) is 5.14. The van der Waals surface area contributed by atoms with E-state index in [0.717, 1.165) is 12.1 Å². The molecule has 24 heavy (non-hydrogen) atoms. The molecular formula is C16H13FN2O5. The molecule has 0 aliphatic carbocycles. The summed E-state index contributed by atoms with van der Waals surface area (Å²) in [5.41, 5.74) is 5.39. The van der Waals surface area contributed by atoms with Crippen LogP contribution in [0.4, 0.5) is 10.1 Å². The first-order valence-corrected chi connectivity index (χ1v) is 6.98. The van der Waals surface area contributed by atoms with Crippen LogP contribution in [0.2, 0.25) is 0 Å². The van der Waals surface area contributed by atoms with Gasteiger partial charge in [0.2, 0.25) is 5.76 Å². The van der Waals surface area contributed by atoms with Gasteiger partial charge in [0, 0.05) is 5.39 Å². The summed E-state index contributed by atoms with van der Waals surface area (Å²) in [6.45, 7) is 1.48. The van der Waals surface area contributed by atoms with Gasteiger partial charge in [0.15, 0.2) is 5.76 Å². The number of hydrogen-bond acceptors (Lipinski definition) is 5. The Morgan fingerprint density at radius 2 is 2.00 bits per heavy atom. The van der Waals surface area contributed by atoms with E-state index in [0.29, 0.717) is 0 Å². The van der Waals surface area contributed by atoms with Gasteiger partial charge < -0.3 is 25.0 Å². The smallest absolute Gasteiger partial charge is 0.291 e. The molecule has 1 aromatic carbocycles. The first-order valence-electron chi connectivity index (χ1n) is 6.98. The summed E-state index contributed by atoms with van der Waals surface area (Å²) in [4.78, 5) is 23.8. The molecule has 0 aliphatic rings. The number of benzene rings is 1. The van der Waals surface area contributed by atoms with Gasteiger partial charge in [0.05, 0.1) is 0 Å². The van der Waals surface area contributed by atoms with Crippen LogP contribution in [0.25, 0.3) is 11.0 Å². The minimum atomic E-state index is -0.911. The fraction of sp³-hybridized carbons (Fsp3) is 0.125. The van der Waals surface area contributed by atoms with Crippen LogP contribution in [-0.2, 0) is 0 Å². The Bertz CT molecular complexity index is 941. The Labute approximate surface area is 134 Å². The second-order valence-electron chi connectivity index (χ2n) is 5.14. The first-order chi connectivity index (χ1) is 11.4. The Morgan fingerprint density at radius 1 is 1.25 bits per heavy atom. The number of primary amides is 1. The van der Waals surface area contributed by atoms with Crippen molar-refractivity contribution in [2.24, 2.45) is 5.73 Å². The SMILES string of the molecule is CC(O)c1ccc(C(=O)Nc2c(C(N)=O)oc3ccc(F)cc23)o1. The van der Waals surface area contributed by atoms with Crippen LogP contribution in [0.15, 0.2) is 39.2 Å². The van der Waals surface area contributed by atoms with E-state index < -0.39 is 23.7 Å². The summed E-state index contributed by atoms with van der Waals surface area (Å²) in [7, 11) is 0. The van der Waals surface area contributed by atoms with Crippen LogP contribution in [0.5, 0.6) is 0 Å². The van der Waals surface area contributed by atoms with Crippen LogP contribution in [-0.4, -0.2) is 16.9 Å². The number of fused-ring (bicyclic) bond motifs is 1. The van der Waals surface area contributed by atoms with E-state index in [1.165, 1.54) is 25.1 Å². The van der Waals surface area contributed by atoms with Crippen molar-refractivity contribution in [1.29, 1.82) is 0 Å². The van der Waals surface area contributed by atoms with Crippen molar-refractivity contribution in [2.45, 2.75) is 13.0 Å². The van der Waals surface area contributed by atoms with Crippen molar-refractivity contribution in [3.63, 3.8) is 0 Å². The van der Waals surface area contributed by atoms with Gasteiger partial charge in [0.25, 0.3) is 11.8 Å². The summed E-state index contributed by atoms with van der Waals surface area (Å²) in [6, 6.07) is 6.41. The van der Waals surface area contributed by atoms with Gasteiger partial charge in [-0.1, -0.05) is 0 Å². The normalized spacial score (nSPS) is 12.3. The van der Waals surface area contributed by atoms with Crippen LogP contribution in [0.3, 0.4) is 0 Å². The van der Waals surface area contributed by atoms with Crippen LogP contribution >= 0.6 is 0 Å². The van der Waals surface area contributed by atoms with Gasteiger partial charge in [-0.25, -0.2) is 4.39 Å². The van der Waals surface area contributed by atoms with Gasteiger partial charge in [-0.3, -0.25) is 9.59 Å². The Hall–Kier alpha value is -3.13. The summed E-state index contributed by atoms with van der Waals surface area (Å²) >= 11 is 0. The fourth-order valence-electron chi connectivity index (χ4n) is 2.24. The number of amides is 2. The van der Waals surface area contributed by atoms with E-state index >= 15 is 0 Å². The lowest BCUT2D eigenvalue weighted by atomic mass is 10.2. The van der Waals surface area contributed by atoms with E-state index in [2.05, 4.69) is 5.32 Å². The third-order valence-electron chi connectivity index (χ3n) is 3.37. The molecule has 2 amide bonds. The molecule has 0 bridgehead atoms. The molecule has 0 radical (unpaired) electrons. The molecule has 0 saturated carbocycles. The van der Waals surface area contributed by atoms with E-state index in [9.17, 15) is 19.1 Å². The largest absolute Gasteiger partial charge is 0.453 e. The summed E-state index contributed by atoms with van der Waals surface area (Å²) in [5, 5.41) is 12.0. The van der Waals surface area contributed by atoms with E-state index in [1.807, 2.05) is 0 Å². The number of hydrogen-bond donors (Lipinski definition) is 3. The first kappa shape index (κ1) is 15.8. The summed E-state index contributed by atoms with van der Waals surface area (Å²) in [5.74, 6) is -2.36. The summed E-state index contributed by atoms with van der Waals surface area (Å²) in [6.07, 6.45) is -0.878. The van der Waals surface area contributed by atoms with Crippen molar-refractivity contribution in [3.8, 4) is 0 Å². The highest BCUT2D eigenvalue weighted by Gasteiger charge is 2.23. The van der Waals surface area contributed by atoms with Crippen molar-refractivity contribution in [1.82, 2.24) is 0 Å². The quantitative estimate of drug-likeness (QED) is 0.678. The third-order valence-corrected chi connectivity index (χ3v) is 3.37. The molecule has 8 heteroatoms. The number of aliphatic hydroxyl groups excluding tert-OH is 1. The molecule has 2 heterocycles. The molecule has 124 valence electrons. The van der Waals surface area contributed by atoms with Crippen molar-refractivity contribution < 1.29 is 27.9 Å². The molecule has 4 N–H and O–H groups in total. The highest BCUT2D eigenvalue weighted by molar-refractivity contribution is 6.13. The Balaban J connectivity index is 2.01. The monoisotopic (exact) mass is 332 g/mol. The average molecular weight is 332 g/mol. The molecule has 1 unspecified atom stereocenters. The molecular weight excluding hydrogens is 319 g/mol. The third kappa shape index (κ3) is 2.74. The lowest BCUT2D eigenvalue weighted by Gasteiger charge is -2.03. The van der Waals surface area contributed by atoms with E-state index in [1.54, 1.807) is 0 Å². The number of furan rings is 2. The molecule has 0 fully saturated rings. The molecule has 0 spiro atoms. The highest BCUT2D eigenvalue weighted by atomic mass is 19.1. The van der Waals surface area contributed by atoms with Crippen LogP contribution in [0, 0.1) is 5.82 Å².